The number of nitrogens with zero attached hydrogens (tertiary/aromatic N) is 2. The maximum Gasteiger partial charge on any atom is 0.191 e. The first-order chi connectivity index (χ1) is 11.3. The second-order valence-corrected chi connectivity index (χ2v) is 5.82. The molecule has 1 heterocycles. The Morgan fingerprint density at radius 1 is 1.25 bits per heavy atom. The molecule has 2 rings (SSSR count). The molecule has 0 saturated carbocycles. The SMILES string of the molecule is CCN1CCCCC1CNC(=NC)NCCOc1ccccc1.I. The van der Waals surface area contributed by atoms with Crippen LogP contribution in [-0.4, -0.2) is 56.7 Å². The summed E-state index contributed by atoms with van der Waals surface area (Å²) in [4.78, 5) is 6.85. The Labute approximate surface area is 163 Å². The van der Waals surface area contributed by atoms with Crippen LogP contribution in [0.4, 0.5) is 0 Å². The van der Waals surface area contributed by atoms with Crippen molar-refractivity contribution in [3.05, 3.63) is 30.3 Å². The molecule has 136 valence electrons. The van der Waals surface area contributed by atoms with Gasteiger partial charge in [0.25, 0.3) is 0 Å². The van der Waals surface area contributed by atoms with Gasteiger partial charge in [0.15, 0.2) is 5.96 Å². The predicted octanol–water partition coefficient (Wildman–Crippen LogP) is 2.72. The normalized spacial score (nSPS) is 18.6. The van der Waals surface area contributed by atoms with Crippen molar-refractivity contribution in [3.8, 4) is 5.75 Å². The number of likely N-dealkylation sites (tertiary alicyclic amines) is 1. The molecular weight excluding hydrogens is 415 g/mol. The Kier molecular flexibility index (Phi) is 10.8. The van der Waals surface area contributed by atoms with E-state index < -0.39 is 0 Å². The van der Waals surface area contributed by atoms with Crippen molar-refractivity contribution in [3.63, 3.8) is 0 Å². The lowest BCUT2D eigenvalue weighted by molar-refractivity contribution is 0.157. The number of ether oxygens (including phenoxy) is 1. The van der Waals surface area contributed by atoms with Crippen LogP contribution in [0.2, 0.25) is 0 Å². The fourth-order valence-corrected chi connectivity index (χ4v) is 3.00. The van der Waals surface area contributed by atoms with Gasteiger partial charge in [-0.1, -0.05) is 31.5 Å². The first kappa shape index (κ1) is 21.0. The van der Waals surface area contributed by atoms with Crippen LogP contribution in [0.3, 0.4) is 0 Å². The van der Waals surface area contributed by atoms with Crippen LogP contribution >= 0.6 is 24.0 Å². The molecule has 1 unspecified atom stereocenters. The minimum absolute atomic E-state index is 0. The number of hydrogen-bond acceptors (Lipinski definition) is 3. The van der Waals surface area contributed by atoms with E-state index in [1.807, 2.05) is 37.4 Å². The summed E-state index contributed by atoms with van der Waals surface area (Å²) in [6, 6.07) is 10.5. The molecule has 1 aromatic rings. The highest BCUT2D eigenvalue weighted by Gasteiger charge is 2.20. The van der Waals surface area contributed by atoms with E-state index >= 15 is 0 Å². The van der Waals surface area contributed by atoms with Crippen LogP contribution in [-0.2, 0) is 0 Å². The molecule has 24 heavy (non-hydrogen) atoms. The third kappa shape index (κ3) is 7.25. The summed E-state index contributed by atoms with van der Waals surface area (Å²) >= 11 is 0. The van der Waals surface area contributed by atoms with Gasteiger partial charge in [-0.05, 0) is 38.1 Å². The largest absolute Gasteiger partial charge is 0.492 e. The molecule has 0 aromatic heterocycles. The van der Waals surface area contributed by atoms with Gasteiger partial charge in [-0.15, -0.1) is 24.0 Å². The molecule has 2 N–H and O–H groups in total. The van der Waals surface area contributed by atoms with Crippen LogP contribution in [0.25, 0.3) is 0 Å². The fourth-order valence-electron chi connectivity index (χ4n) is 3.00. The lowest BCUT2D eigenvalue weighted by Gasteiger charge is -2.35. The molecule has 0 radical (unpaired) electrons. The standard InChI is InChI=1S/C18H30N4O.HI/c1-3-22-13-8-7-9-16(22)15-21-18(19-2)20-12-14-23-17-10-5-4-6-11-17;/h4-6,10-11,16H,3,7-9,12-15H2,1-2H3,(H2,19,20,21);1H. The lowest BCUT2D eigenvalue weighted by atomic mass is 10.0. The van der Waals surface area contributed by atoms with Crippen molar-refractivity contribution < 1.29 is 4.74 Å². The number of aliphatic imine (C=N–C) groups is 1. The molecule has 1 aliphatic rings. The summed E-state index contributed by atoms with van der Waals surface area (Å²) in [5, 5.41) is 6.75. The molecule has 6 heteroatoms. The second kappa shape index (κ2) is 12.4. The fraction of sp³-hybridized carbons (Fsp3) is 0.611. The van der Waals surface area contributed by atoms with Crippen molar-refractivity contribution in [1.29, 1.82) is 0 Å². The molecule has 1 aliphatic heterocycles. The molecule has 0 amide bonds. The number of para-hydroxylation sites is 1. The number of halogens is 1. The van der Waals surface area contributed by atoms with Crippen molar-refractivity contribution in [2.75, 3.05) is 39.8 Å². The van der Waals surface area contributed by atoms with E-state index in [4.69, 9.17) is 4.74 Å². The zero-order chi connectivity index (χ0) is 16.3. The highest BCUT2D eigenvalue weighted by molar-refractivity contribution is 14.0. The van der Waals surface area contributed by atoms with Crippen molar-refractivity contribution in [1.82, 2.24) is 15.5 Å². The second-order valence-electron chi connectivity index (χ2n) is 5.82. The molecule has 1 fully saturated rings. The topological polar surface area (TPSA) is 48.9 Å². The maximum atomic E-state index is 5.68. The van der Waals surface area contributed by atoms with E-state index in [9.17, 15) is 0 Å². The number of hydrogen-bond donors (Lipinski definition) is 2. The Hall–Kier alpha value is -1.02. The van der Waals surface area contributed by atoms with E-state index in [0.29, 0.717) is 12.6 Å². The molecule has 0 spiro atoms. The number of nitrogens with one attached hydrogen (secondary N) is 2. The summed E-state index contributed by atoms with van der Waals surface area (Å²) in [5.74, 6) is 1.75. The summed E-state index contributed by atoms with van der Waals surface area (Å²) in [6.07, 6.45) is 3.93. The first-order valence-corrected chi connectivity index (χ1v) is 8.70. The molecule has 1 atom stereocenters. The summed E-state index contributed by atoms with van der Waals surface area (Å²) in [7, 11) is 1.81. The van der Waals surface area contributed by atoms with Gasteiger partial charge in [-0.2, -0.15) is 0 Å². The van der Waals surface area contributed by atoms with Gasteiger partial charge in [-0.3, -0.25) is 9.89 Å². The first-order valence-electron chi connectivity index (χ1n) is 8.70. The summed E-state index contributed by atoms with van der Waals surface area (Å²) in [6.45, 7) is 6.90. The average Bonchev–Trinajstić information content (AvgIpc) is 2.62. The minimum atomic E-state index is 0. The number of piperidine rings is 1. The summed E-state index contributed by atoms with van der Waals surface area (Å²) < 4.78 is 5.68. The number of benzene rings is 1. The number of likely N-dealkylation sites (N-methyl/N-ethyl adjacent to an activating group) is 1. The Bertz CT molecular complexity index is 469. The molecule has 1 saturated heterocycles. The van der Waals surface area contributed by atoms with Gasteiger partial charge in [0.2, 0.25) is 0 Å². The average molecular weight is 446 g/mol. The maximum absolute atomic E-state index is 5.68. The zero-order valence-corrected chi connectivity index (χ0v) is 17.2. The van der Waals surface area contributed by atoms with Crippen molar-refractivity contribution >= 4 is 29.9 Å². The summed E-state index contributed by atoms with van der Waals surface area (Å²) in [5.41, 5.74) is 0. The molecule has 0 aliphatic carbocycles. The van der Waals surface area contributed by atoms with Gasteiger partial charge < -0.3 is 15.4 Å². The van der Waals surface area contributed by atoms with E-state index in [2.05, 4.69) is 27.4 Å². The zero-order valence-electron chi connectivity index (χ0n) is 14.8. The van der Waals surface area contributed by atoms with Gasteiger partial charge in [0.05, 0.1) is 6.54 Å². The Morgan fingerprint density at radius 2 is 2.04 bits per heavy atom. The van der Waals surface area contributed by atoms with E-state index in [-0.39, 0.29) is 24.0 Å². The van der Waals surface area contributed by atoms with E-state index in [0.717, 1.165) is 31.3 Å². The molecule has 5 nitrogen and oxygen atoms in total. The number of guanidine groups is 1. The monoisotopic (exact) mass is 446 g/mol. The molecule has 0 bridgehead atoms. The van der Waals surface area contributed by atoms with Crippen LogP contribution in [0.1, 0.15) is 26.2 Å². The van der Waals surface area contributed by atoms with Gasteiger partial charge in [-0.25, -0.2) is 0 Å². The third-order valence-corrected chi connectivity index (χ3v) is 4.29. The highest BCUT2D eigenvalue weighted by Crippen LogP contribution is 2.15. The predicted molar refractivity (Wildman–Crippen MR) is 112 cm³/mol. The van der Waals surface area contributed by atoms with Crippen LogP contribution in [0, 0.1) is 0 Å². The van der Waals surface area contributed by atoms with E-state index in [1.165, 1.54) is 25.8 Å². The number of rotatable bonds is 7. The van der Waals surface area contributed by atoms with Crippen molar-refractivity contribution in [2.24, 2.45) is 4.99 Å². The highest BCUT2D eigenvalue weighted by atomic mass is 127. The van der Waals surface area contributed by atoms with Crippen LogP contribution in [0.5, 0.6) is 5.75 Å². The Morgan fingerprint density at radius 3 is 2.75 bits per heavy atom. The van der Waals surface area contributed by atoms with Crippen molar-refractivity contribution in [2.45, 2.75) is 32.2 Å². The van der Waals surface area contributed by atoms with Gasteiger partial charge in [0.1, 0.15) is 12.4 Å². The van der Waals surface area contributed by atoms with Gasteiger partial charge >= 0.3 is 0 Å². The van der Waals surface area contributed by atoms with Crippen LogP contribution in [0.15, 0.2) is 35.3 Å². The lowest BCUT2D eigenvalue weighted by Crippen LogP contribution is -2.49. The van der Waals surface area contributed by atoms with E-state index in [1.54, 1.807) is 0 Å². The smallest absolute Gasteiger partial charge is 0.191 e. The quantitative estimate of drug-likeness (QED) is 0.293. The minimum Gasteiger partial charge on any atom is -0.492 e. The molecule has 1 aromatic carbocycles. The third-order valence-electron chi connectivity index (χ3n) is 4.29. The molecular formula is C18H31IN4O. The Balaban J connectivity index is 0.00000288. The van der Waals surface area contributed by atoms with Crippen LogP contribution < -0.4 is 15.4 Å². The van der Waals surface area contributed by atoms with Gasteiger partial charge in [0, 0.05) is 19.6 Å².